The van der Waals surface area contributed by atoms with Crippen LogP contribution in [0.1, 0.15) is 32.8 Å². The molecular weight excluding hydrogens is 565 g/mol. The van der Waals surface area contributed by atoms with Crippen LogP contribution in [0.4, 0.5) is 5.69 Å². The molecule has 0 radical (unpaired) electrons. The number of hydrogen-bond donors (Lipinski definition) is 1. The third kappa shape index (κ3) is 7.86. The van der Waals surface area contributed by atoms with E-state index in [1.165, 1.54) is 23.1 Å². The summed E-state index contributed by atoms with van der Waals surface area (Å²) < 4.78 is 26.9. The summed E-state index contributed by atoms with van der Waals surface area (Å²) >= 11 is 15.7. The summed E-state index contributed by atoms with van der Waals surface area (Å²) in [6, 6.07) is 10.8. The van der Waals surface area contributed by atoms with Crippen LogP contribution >= 0.6 is 39.1 Å². The molecule has 0 saturated heterocycles. The first-order valence-corrected chi connectivity index (χ1v) is 14.0. The quantitative estimate of drug-likeness (QED) is 0.427. The highest BCUT2D eigenvalue weighted by atomic mass is 79.9. The highest BCUT2D eigenvalue weighted by Crippen LogP contribution is 2.31. The second kappa shape index (κ2) is 12.2. The molecule has 11 heteroatoms. The third-order valence-electron chi connectivity index (χ3n) is 5.27. The molecule has 0 aromatic heterocycles. The van der Waals surface area contributed by atoms with Crippen LogP contribution in [0.25, 0.3) is 0 Å². The number of rotatable bonds is 10. The lowest BCUT2D eigenvalue weighted by atomic mass is 10.1. The molecule has 0 aliphatic carbocycles. The molecule has 2 atom stereocenters. The number of hydrogen-bond acceptors (Lipinski definition) is 4. The average molecular weight is 593 g/mol. The minimum absolute atomic E-state index is 0.0736. The first-order chi connectivity index (χ1) is 15.8. The molecule has 2 aromatic rings. The number of carbonyl (C=O) groups is 2. The van der Waals surface area contributed by atoms with Crippen molar-refractivity contribution in [3.05, 3.63) is 62.5 Å². The first kappa shape index (κ1) is 28.4. The Balaban J connectivity index is 2.43. The lowest BCUT2D eigenvalue weighted by molar-refractivity contribution is -0.139. The predicted molar refractivity (Wildman–Crippen MR) is 141 cm³/mol. The van der Waals surface area contributed by atoms with Crippen molar-refractivity contribution in [2.75, 3.05) is 17.1 Å². The van der Waals surface area contributed by atoms with Gasteiger partial charge in [-0.1, -0.05) is 58.2 Å². The summed E-state index contributed by atoms with van der Waals surface area (Å²) in [5.74, 6) is -0.891. The SMILES string of the molecule is CCC(C)NC(=O)C(C)N(Cc1cccc(Br)c1)C(=O)CN(c1cc(Cl)ccc1Cl)S(C)(=O)=O. The van der Waals surface area contributed by atoms with Gasteiger partial charge in [-0.3, -0.25) is 13.9 Å². The van der Waals surface area contributed by atoms with Crippen LogP contribution < -0.4 is 9.62 Å². The summed E-state index contributed by atoms with van der Waals surface area (Å²) in [6.07, 6.45) is 1.71. The summed E-state index contributed by atoms with van der Waals surface area (Å²) in [4.78, 5) is 27.8. The Morgan fingerprint density at radius 2 is 1.79 bits per heavy atom. The standard InChI is InChI=1S/C23H28BrCl2N3O4S/c1-5-15(2)27-23(31)16(3)28(13-17-7-6-8-18(24)11-17)22(30)14-29(34(4,32)33)21-12-19(25)9-10-20(21)26/h6-12,15-16H,5,13-14H2,1-4H3,(H,27,31). The van der Waals surface area contributed by atoms with Gasteiger partial charge in [-0.05, 0) is 56.2 Å². The van der Waals surface area contributed by atoms with E-state index in [-0.39, 0.29) is 34.2 Å². The normalized spacial score (nSPS) is 13.1. The van der Waals surface area contributed by atoms with E-state index in [1.54, 1.807) is 6.92 Å². The number of halogens is 3. The zero-order chi connectivity index (χ0) is 25.6. The van der Waals surface area contributed by atoms with Gasteiger partial charge in [0.05, 0.1) is 17.0 Å². The van der Waals surface area contributed by atoms with Crippen LogP contribution in [0.5, 0.6) is 0 Å². The fourth-order valence-corrected chi connectivity index (χ4v) is 4.89. The van der Waals surface area contributed by atoms with Gasteiger partial charge in [0.1, 0.15) is 12.6 Å². The van der Waals surface area contributed by atoms with E-state index in [1.807, 2.05) is 38.1 Å². The number of benzene rings is 2. The number of nitrogens with zero attached hydrogens (tertiary/aromatic N) is 2. The molecule has 0 spiro atoms. The second-order valence-electron chi connectivity index (χ2n) is 8.01. The largest absolute Gasteiger partial charge is 0.352 e. The van der Waals surface area contributed by atoms with E-state index in [2.05, 4.69) is 21.2 Å². The van der Waals surface area contributed by atoms with E-state index in [0.717, 1.165) is 27.0 Å². The Kier molecular flexibility index (Phi) is 10.2. The molecule has 0 saturated carbocycles. The molecule has 2 amide bonds. The van der Waals surface area contributed by atoms with Crippen LogP contribution in [0, 0.1) is 0 Å². The van der Waals surface area contributed by atoms with Gasteiger partial charge in [0.2, 0.25) is 21.8 Å². The number of carbonyl (C=O) groups excluding carboxylic acids is 2. The monoisotopic (exact) mass is 591 g/mol. The second-order valence-corrected chi connectivity index (χ2v) is 11.7. The number of amides is 2. The number of nitrogens with one attached hydrogen (secondary N) is 1. The lowest BCUT2D eigenvalue weighted by Crippen LogP contribution is -2.52. The summed E-state index contributed by atoms with van der Waals surface area (Å²) in [7, 11) is -3.90. The third-order valence-corrected chi connectivity index (χ3v) is 7.44. The van der Waals surface area contributed by atoms with Crippen LogP contribution in [0.15, 0.2) is 46.9 Å². The van der Waals surface area contributed by atoms with Crippen molar-refractivity contribution in [2.24, 2.45) is 0 Å². The van der Waals surface area contributed by atoms with Gasteiger partial charge in [0.15, 0.2) is 0 Å². The molecule has 7 nitrogen and oxygen atoms in total. The van der Waals surface area contributed by atoms with Crippen molar-refractivity contribution >= 4 is 66.7 Å². The van der Waals surface area contributed by atoms with Crippen molar-refractivity contribution in [1.29, 1.82) is 0 Å². The predicted octanol–water partition coefficient (Wildman–Crippen LogP) is 4.85. The van der Waals surface area contributed by atoms with Crippen LogP contribution in [-0.2, 0) is 26.2 Å². The van der Waals surface area contributed by atoms with Crippen molar-refractivity contribution in [1.82, 2.24) is 10.2 Å². The van der Waals surface area contributed by atoms with Gasteiger partial charge < -0.3 is 10.2 Å². The summed E-state index contributed by atoms with van der Waals surface area (Å²) in [5.41, 5.74) is 0.863. The zero-order valence-electron chi connectivity index (χ0n) is 19.4. The van der Waals surface area contributed by atoms with Crippen molar-refractivity contribution in [2.45, 2.75) is 45.8 Å². The summed E-state index contributed by atoms with van der Waals surface area (Å²) in [5, 5.41) is 3.28. The molecule has 2 unspecified atom stereocenters. The number of sulfonamides is 1. The average Bonchev–Trinajstić information content (AvgIpc) is 2.76. The van der Waals surface area contributed by atoms with Crippen LogP contribution in [0.3, 0.4) is 0 Å². The maximum Gasteiger partial charge on any atom is 0.244 e. The molecule has 0 aliphatic heterocycles. The molecule has 1 N–H and O–H groups in total. The molecule has 0 bridgehead atoms. The van der Waals surface area contributed by atoms with Gasteiger partial charge in [-0.15, -0.1) is 0 Å². The highest BCUT2D eigenvalue weighted by Gasteiger charge is 2.31. The van der Waals surface area contributed by atoms with E-state index in [9.17, 15) is 18.0 Å². The summed E-state index contributed by atoms with van der Waals surface area (Å²) in [6.45, 7) is 4.99. The van der Waals surface area contributed by atoms with Crippen molar-refractivity contribution in [3.8, 4) is 0 Å². The van der Waals surface area contributed by atoms with Crippen LogP contribution in [0.2, 0.25) is 10.0 Å². The molecular formula is C23H28BrCl2N3O4S. The van der Waals surface area contributed by atoms with Gasteiger partial charge in [-0.2, -0.15) is 0 Å². The zero-order valence-corrected chi connectivity index (χ0v) is 23.3. The topological polar surface area (TPSA) is 86.8 Å². The van der Waals surface area contributed by atoms with Gasteiger partial charge >= 0.3 is 0 Å². The van der Waals surface area contributed by atoms with Gasteiger partial charge in [-0.25, -0.2) is 8.42 Å². The Morgan fingerprint density at radius 1 is 1.12 bits per heavy atom. The van der Waals surface area contributed by atoms with E-state index in [4.69, 9.17) is 23.2 Å². The molecule has 0 fully saturated rings. The molecule has 2 rings (SSSR count). The Hall–Kier alpha value is -1.81. The molecule has 0 heterocycles. The molecule has 34 heavy (non-hydrogen) atoms. The maximum atomic E-state index is 13.5. The Morgan fingerprint density at radius 3 is 2.38 bits per heavy atom. The van der Waals surface area contributed by atoms with Crippen LogP contribution in [-0.4, -0.2) is 50.0 Å². The number of anilines is 1. The van der Waals surface area contributed by atoms with Gasteiger partial charge in [0, 0.05) is 22.1 Å². The molecule has 2 aromatic carbocycles. The fourth-order valence-electron chi connectivity index (χ4n) is 3.15. The van der Waals surface area contributed by atoms with E-state index >= 15 is 0 Å². The lowest BCUT2D eigenvalue weighted by Gasteiger charge is -2.32. The highest BCUT2D eigenvalue weighted by molar-refractivity contribution is 9.10. The Bertz CT molecular complexity index is 1150. The Labute approximate surface area is 219 Å². The fraction of sp³-hybridized carbons (Fsp3) is 0.391. The van der Waals surface area contributed by atoms with Crippen molar-refractivity contribution in [3.63, 3.8) is 0 Å². The van der Waals surface area contributed by atoms with Crippen molar-refractivity contribution < 1.29 is 18.0 Å². The molecule has 186 valence electrons. The van der Waals surface area contributed by atoms with E-state index < -0.39 is 28.5 Å². The minimum atomic E-state index is -3.90. The molecule has 0 aliphatic rings. The first-order valence-electron chi connectivity index (χ1n) is 10.6. The minimum Gasteiger partial charge on any atom is -0.352 e. The smallest absolute Gasteiger partial charge is 0.244 e. The van der Waals surface area contributed by atoms with Gasteiger partial charge in [0.25, 0.3) is 0 Å². The maximum absolute atomic E-state index is 13.5. The van der Waals surface area contributed by atoms with E-state index in [0.29, 0.717) is 0 Å².